The van der Waals surface area contributed by atoms with Gasteiger partial charge in [-0.25, -0.2) is 4.39 Å². The molecule has 3 rings (SSSR count). The summed E-state index contributed by atoms with van der Waals surface area (Å²) in [5.41, 5.74) is 1.68. The zero-order valence-corrected chi connectivity index (χ0v) is 14.1. The number of aryl methyl sites for hydroxylation is 1. The summed E-state index contributed by atoms with van der Waals surface area (Å²) in [6.07, 6.45) is 1.81. The second-order valence-corrected chi connectivity index (χ2v) is 6.38. The number of aromatic amines is 1. The Morgan fingerprint density at radius 3 is 2.80 bits per heavy atom. The van der Waals surface area contributed by atoms with Crippen molar-refractivity contribution in [3.8, 4) is 5.75 Å². The van der Waals surface area contributed by atoms with E-state index in [4.69, 9.17) is 4.74 Å². The lowest BCUT2D eigenvalue weighted by atomic mass is 9.94. The van der Waals surface area contributed by atoms with Gasteiger partial charge in [0.05, 0.1) is 0 Å². The molecule has 1 amide bonds. The first-order valence-electron chi connectivity index (χ1n) is 8.38. The van der Waals surface area contributed by atoms with Crippen LogP contribution in [0.5, 0.6) is 5.75 Å². The fourth-order valence-corrected chi connectivity index (χ4v) is 3.15. The third-order valence-electron chi connectivity index (χ3n) is 4.39. The summed E-state index contributed by atoms with van der Waals surface area (Å²) in [7, 11) is 0. The standard InChI is InChI=1S/C19H21FN2O3/c1-13-9-16(23)10-18(21-13)14-3-2-8-22(11-14)19(24)12-25-17-6-4-15(20)5-7-17/h4-7,9-10,14H,2-3,8,11-12H2,1H3,(H,21,23). The molecule has 1 unspecified atom stereocenters. The average molecular weight is 344 g/mol. The molecule has 1 saturated heterocycles. The number of carbonyl (C=O) groups is 1. The van der Waals surface area contributed by atoms with Gasteiger partial charge in [-0.05, 0) is 44.0 Å². The van der Waals surface area contributed by atoms with Crippen LogP contribution < -0.4 is 10.2 Å². The number of pyridine rings is 1. The molecule has 0 aliphatic carbocycles. The van der Waals surface area contributed by atoms with Crippen LogP contribution in [0.15, 0.2) is 41.2 Å². The summed E-state index contributed by atoms with van der Waals surface area (Å²) in [5, 5.41) is 0. The predicted molar refractivity (Wildman–Crippen MR) is 92.2 cm³/mol. The van der Waals surface area contributed by atoms with Crippen LogP contribution in [-0.4, -0.2) is 35.5 Å². The van der Waals surface area contributed by atoms with E-state index in [-0.39, 0.29) is 29.7 Å². The first-order chi connectivity index (χ1) is 12.0. The van der Waals surface area contributed by atoms with Crippen LogP contribution in [0, 0.1) is 12.7 Å². The molecular weight excluding hydrogens is 323 g/mol. The number of ether oxygens (including phenoxy) is 1. The molecule has 2 heterocycles. The topological polar surface area (TPSA) is 62.4 Å². The molecule has 1 fully saturated rings. The third kappa shape index (κ3) is 4.47. The Hall–Kier alpha value is -2.63. The number of aromatic nitrogens is 1. The maximum Gasteiger partial charge on any atom is 0.260 e. The highest BCUT2D eigenvalue weighted by Crippen LogP contribution is 2.25. The second kappa shape index (κ2) is 7.51. The lowest BCUT2D eigenvalue weighted by Gasteiger charge is -2.32. The molecule has 0 bridgehead atoms. The molecule has 1 aromatic carbocycles. The molecule has 0 saturated carbocycles. The molecule has 0 radical (unpaired) electrons. The lowest BCUT2D eigenvalue weighted by molar-refractivity contribution is -0.134. The van der Waals surface area contributed by atoms with Crippen molar-refractivity contribution in [1.82, 2.24) is 9.88 Å². The molecule has 0 spiro atoms. The Morgan fingerprint density at radius 2 is 2.08 bits per heavy atom. The van der Waals surface area contributed by atoms with E-state index in [1.165, 1.54) is 24.3 Å². The van der Waals surface area contributed by atoms with E-state index in [9.17, 15) is 14.0 Å². The summed E-state index contributed by atoms with van der Waals surface area (Å²) in [5.74, 6) is 0.135. The van der Waals surface area contributed by atoms with Gasteiger partial charge >= 0.3 is 0 Å². The van der Waals surface area contributed by atoms with Gasteiger partial charge in [0.2, 0.25) is 0 Å². The molecule has 5 nitrogen and oxygen atoms in total. The number of nitrogens with one attached hydrogen (secondary N) is 1. The first kappa shape index (κ1) is 17.2. The van der Waals surface area contributed by atoms with Crippen molar-refractivity contribution in [1.29, 1.82) is 0 Å². The molecule has 1 aliphatic rings. The summed E-state index contributed by atoms with van der Waals surface area (Å²) >= 11 is 0. The Balaban J connectivity index is 1.61. The van der Waals surface area contributed by atoms with E-state index in [1.807, 2.05) is 6.92 Å². The van der Waals surface area contributed by atoms with Gasteiger partial charge in [-0.1, -0.05) is 0 Å². The molecule has 25 heavy (non-hydrogen) atoms. The fourth-order valence-electron chi connectivity index (χ4n) is 3.15. The smallest absolute Gasteiger partial charge is 0.260 e. The Labute approximate surface area is 145 Å². The molecule has 6 heteroatoms. The van der Waals surface area contributed by atoms with Crippen molar-refractivity contribution in [2.24, 2.45) is 0 Å². The van der Waals surface area contributed by atoms with Gasteiger partial charge in [-0.3, -0.25) is 9.59 Å². The normalized spacial score (nSPS) is 17.4. The van der Waals surface area contributed by atoms with Crippen molar-refractivity contribution in [2.45, 2.75) is 25.7 Å². The van der Waals surface area contributed by atoms with Crippen molar-refractivity contribution in [3.05, 3.63) is 63.8 Å². The van der Waals surface area contributed by atoms with Gasteiger partial charge in [0.15, 0.2) is 12.0 Å². The minimum atomic E-state index is -0.343. The number of hydrogen-bond donors (Lipinski definition) is 1. The number of hydrogen-bond acceptors (Lipinski definition) is 3. The van der Waals surface area contributed by atoms with E-state index in [1.54, 1.807) is 17.0 Å². The zero-order chi connectivity index (χ0) is 17.8. The molecule has 1 aromatic heterocycles. The molecule has 2 aromatic rings. The second-order valence-electron chi connectivity index (χ2n) is 6.38. The predicted octanol–water partition coefficient (Wildman–Crippen LogP) is 2.61. The highest BCUT2D eigenvalue weighted by atomic mass is 19.1. The van der Waals surface area contributed by atoms with Crippen LogP contribution in [0.25, 0.3) is 0 Å². The van der Waals surface area contributed by atoms with Gasteiger partial charge in [-0.15, -0.1) is 0 Å². The van der Waals surface area contributed by atoms with E-state index in [0.29, 0.717) is 18.8 Å². The van der Waals surface area contributed by atoms with E-state index in [2.05, 4.69) is 4.98 Å². The van der Waals surface area contributed by atoms with Crippen LogP contribution >= 0.6 is 0 Å². The largest absolute Gasteiger partial charge is 0.484 e. The number of nitrogens with zero attached hydrogens (tertiary/aromatic N) is 1. The van der Waals surface area contributed by atoms with Crippen molar-refractivity contribution in [2.75, 3.05) is 19.7 Å². The monoisotopic (exact) mass is 344 g/mol. The summed E-state index contributed by atoms with van der Waals surface area (Å²) < 4.78 is 18.3. The molecule has 1 aliphatic heterocycles. The number of carbonyl (C=O) groups excluding carboxylic acids is 1. The third-order valence-corrected chi connectivity index (χ3v) is 4.39. The van der Waals surface area contributed by atoms with Gasteiger partial charge in [0.25, 0.3) is 5.91 Å². The first-order valence-corrected chi connectivity index (χ1v) is 8.38. The van der Waals surface area contributed by atoms with E-state index in [0.717, 1.165) is 24.2 Å². The maximum absolute atomic E-state index is 12.9. The Kier molecular flexibility index (Phi) is 5.16. The van der Waals surface area contributed by atoms with Crippen LogP contribution in [0.3, 0.4) is 0 Å². The number of halogens is 1. The van der Waals surface area contributed by atoms with E-state index < -0.39 is 0 Å². The van der Waals surface area contributed by atoms with Crippen LogP contribution in [-0.2, 0) is 4.79 Å². The average Bonchev–Trinajstić information content (AvgIpc) is 2.60. The quantitative estimate of drug-likeness (QED) is 0.927. The number of likely N-dealkylation sites (tertiary alicyclic amines) is 1. The number of piperidine rings is 1. The minimum Gasteiger partial charge on any atom is -0.484 e. The van der Waals surface area contributed by atoms with Gasteiger partial charge in [0.1, 0.15) is 11.6 Å². The Bertz CT molecular complexity index is 801. The highest BCUT2D eigenvalue weighted by molar-refractivity contribution is 5.78. The summed E-state index contributed by atoms with van der Waals surface area (Å²) in [6.45, 7) is 3.01. The maximum atomic E-state index is 12.9. The number of amides is 1. The van der Waals surface area contributed by atoms with Crippen LogP contribution in [0.2, 0.25) is 0 Å². The van der Waals surface area contributed by atoms with Gasteiger partial charge < -0.3 is 14.6 Å². The summed E-state index contributed by atoms with van der Waals surface area (Å²) in [4.78, 5) is 29.1. The zero-order valence-electron chi connectivity index (χ0n) is 14.1. The van der Waals surface area contributed by atoms with Crippen molar-refractivity contribution < 1.29 is 13.9 Å². The van der Waals surface area contributed by atoms with E-state index >= 15 is 0 Å². The number of H-pyrrole nitrogens is 1. The minimum absolute atomic E-state index is 0.0191. The van der Waals surface area contributed by atoms with Crippen molar-refractivity contribution >= 4 is 5.91 Å². The Morgan fingerprint density at radius 1 is 1.32 bits per heavy atom. The molecular formula is C19H21FN2O3. The molecule has 132 valence electrons. The van der Waals surface area contributed by atoms with Crippen LogP contribution in [0.4, 0.5) is 4.39 Å². The highest BCUT2D eigenvalue weighted by Gasteiger charge is 2.25. The SMILES string of the molecule is Cc1cc(=O)cc(C2CCCN(C(=O)COc3ccc(F)cc3)C2)[nH]1. The van der Waals surface area contributed by atoms with Gasteiger partial charge in [-0.2, -0.15) is 0 Å². The number of benzene rings is 1. The van der Waals surface area contributed by atoms with Crippen LogP contribution in [0.1, 0.15) is 30.1 Å². The lowest BCUT2D eigenvalue weighted by Crippen LogP contribution is -2.41. The van der Waals surface area contributed by atoms with Gasteiger partial charge in [0, 0.05) is 42.5 Å². The van der Waals surface area contributed by atoms with Crippen molar-refractivity contribution in [3.63, 3.8) is 0 Å². The number of rotatable bonds is 4. The summed E-state index contributed by atoms with van der Waals surface area (Å²) in [6, 6.07) is 8.76. The molecule has 1 N–H and O–H groups in total. The molecule has 1 atom stereocenters. The fraction of sp³-hybridized carbons (Fsp3) is 0.368.